The fraction of sp³-hybridized carbons (Fsp3) is 0.0556. The van der Waals surface area contributed by atoms with Crippen LogP contribution in [-0.2, 0) is 0 Å². The molecule has 114 valence electrons. The van der Waals surface area contributed by atoms with Gasteiger partial charge in [-0.3, -0.25) is 5.43 Å². The van der Waals surface area contributed by atoms with Crippen molar-refractivity contribution < 1.29 is 4.39 Å². The summed E-state index contributed by atoms with van der Waals surface area (Å²) in [5.74, 6) is 0.980. The number of benzene rings is 2. The van der Waals surface area contributed by atoms with Crippen molar-refractivity contribution in [2.75, 3.05) is 5.43 Å². The monoisotopic (exact) mass is 306 g/mol. The lowest BCUT2D eigenvalue weighted by Crippen LogP contribution is -1.99. The van der Waals surface area contributed by atoms with Crippen LogP contribution in [0.1, 0.15) is 11.3 Å². The third kappa shape index (κ3) is 3.97. The number of aryl methyl sites for hydroxylation is 1. The lowest BCUT2D eigenvalue weighted by atomic mass is 10.2. The predicted octanol–water partition coefficient (Wildman–Crippen LogP) is 4.04. The van der Waals surface area contributed by atoms with Gasteiger partial charge in [-0.05, 0) is 24.6 Å². The second kappa shape index (κ2) is 6.79. The van der Waals surface area contributed by atoms with Crippen molar-refractivity contribution in [3.05, 3.63) is 77.7 Å². The first-order valence-electron chi connectivity index (χ1n) is 7.16. The van der Waals surface area contributed by atoms with E-state index in [-0.39, 0.29) is 5.82 Å². The Balaban J connectivity index is 1.78. The number of hydrazone groups is 1. The molecule has 3 rings (SSSR count). The smallest absolute Gasteiger partial charge is 0.161 e. The van der Waals surface area contributed by atoms with E-state index < -0.39 is 0 Å². The minimum Gasteiger partial charge on any atom is -0.261 e. The molecule has 4 nitrogen and oxygen atoms in total. The predicted molar refractivity (Wildman–Crippen MR) is 89.8 cm³/mol. The van der Waals surface area contributed by atoms with Gasteiger partial charge in [0, 0.05) is 17.3 Å². The maximum absolute atomic E-state index is 12.8. The summed E-state index contributed by atoms with van der Waals surface area (Å²) in [6, 6.07) is 17.7. The molecule has 0 fully saturated rings. The van der Waals surface area contributed by atoms with Gasteiger partial charge >= 0.3 is 0 Å². The summed E-state index contributed by atoms with van der Waals surface area (Å²) in [4.78, 5) is 8.89. The quantitative estimate of drug-likeness (QED) is 0.584. The number of anilines is 1. The molecule has 0 aliphatic heterocycles. The normalized spacial score (nSPS) is 10.9. The number of nitrogens with one attached hydrogen (secondary N) is 1. The van der Waals surface area contributed by atoms with Crippen LogP contribution in [0.4, 0.5) is 10.2 Å². The van der Waals surface area contributed by atoms with Gasteiger partial charge in [-0.2, -0.15) is 5.10 Å². The van der Waals surface area contributed by atoms with Crippen molar-refractivity contribution in [1.29, 1.82) is 0 Å². The third-order valence-electron chi connectivity index (χ3n) is 3.15. The SMILES string of the molecule is Cc1cc(N/N=C/c2ccc(F)cc2)nc(-c2ccccc2)n1. The highest BCUT2D eigenvalue weighted by Gasteiger charge is 2.03. The van der Waals surface area contributed by atoms with Crippen molar-refractivity contribution in [2.45, 2.75) is 6.92 Å². The summed E-state index contributed by atoms with van der Waals surface area (Å²) in [6.45, 7) is 1.91. The molecule has 3 aromatic rings. The first-order valence-corrected chi connectivity index (χ1v) is 7.16. The average molecular weight is 306 g/mol. The van der Waals surface area contributed by atoms with Gasteiger partial charge in [-0.25, -0.2) is 14.4 Å². The molecule has 2 aromatic carbocycles. The number of halogens is 1. The molecular weight excluding hydrogens is 291 g/mol. The van der Waals surface area contributed by atoms with Crippen LogP contribution in [0.25, 0.3) is 11.4 Å². The average Bonchev–Trinajstić information content (AvgIpc) is 2.57. The standard InChI is InChI=1S/C18H15FN4/c1-13-11-17(22-18(21-13)15-5-3-2-4-6-15)23-20-12-14-7-9-16(19)10-8-14/h2-12H,1H3,(H,21,22,23)/b20-12+. The van der Waals surface area contributed by atoms with E-state index in [0.29, 0.717) is 11.6 Å². The molecule has 1 aromatic heterocycles. The van der Waals surface area contributed by atoms with E-state index in [1.165, 1.54) is 12.1 Å². The lowest BCUT2D eigenvalue weighted by molar-refractivity contribution is 0.628. The van der Waals surface area contributed by atoms with Crippen molar-refractivity contribution in [3.8, 4) is 11.4 Å². The molecule has 5 heteroatoms. The van der Waals surface area contributed by atoms with E-state index in [1.807, 2.05) is 43.3 Å². The molecule has 0 saturated carbocycles. The van der Waals surface area contributed by atoms with Crippen LogP contribution >= 0.6 is 0 Å². The van der Waals surface area contributed by atoms with E-state index in [9.17, 15) is 4.39 Å². The van der Waals surface area contributed by atoms with Crippen molar-refractivity contribution in [2.24, 2.45) is 5.10 Å². The number of hydrogen-bond donors (Lipinski definition) is 1. The summed E-state index contributed by atoms with van der Waals surface area (Å²) >= 11 is 0. The molecule has 0 unspecified atom stereocenters. The molecule has 0 aliphatic rings. The summed E-state index contributed by atoms with van der Waals surface area (Å²) in [5.41, 5.74) is 5.47. The Morgan fingerprint density at radius 2 is 1.74 bits per heavy atom. The van der Waals surface area contributed by atoms with Crippen molar-refractivity contribution in [1.82, 2.24) is 9.97 Å². The fourth-order valence-corrected chi connectivity index (χ4v) is 2.06. The maximum Gasteiger partial charge on any atom is 0.161 e. The topological polar surface area (TPSA) is 50.2 Å². The Bertz CT molecular complexity index is 814. The molecule has 0 bridgehead atoms. The van der Waals surface area contributed by atoms with E-state index >= 15 is 0 Å². The maximum atomic E-state index is 12.8. The zero-order valence-corrected chi connectivity index (χ0v) is 12.6. The highest BCUT2D eigenvalue weighted by atomic mass is 19.1. The van der Waals surface area contributed by atoms with Gasteiger partial charge in [0.2, 0.25) is 0 Å². The van der Waals surface area contributed by atoms with Gasteiger partial charge in [-0.1, -0.05) is 42.5 Å². The van der Waals surface area contributed by atoms with Crippen LogP contribution < -0.4 is 5.43 Å². The minimum atomic E-state index is -0.269. The van der Waals surface area contributed by atoms with E-state index in [2.05, 4.69) is 20.5 Å². The number of hydrogen-bond acceptors (Lipinski definition) is 4. The highest BCUT2D eigenvalue weighted by Crippen LogP contribution is 2.17. The van der Waals surface area contributed by atoms with Gasteiger partial charge in [-0.15, -0.1) is 0 Å². The first kappa shape index (κ1) is 14.8. The summed E-state index contributed by atoms with van der Waals surface area (Å²) in [7, 11) is 0. The Labute approximate surface area is 133 Å². The molecule has 1 N–H and O–H groups in total. The lowest BCUT2D eigenvalue weighted by Gasteiger charge is -2.05. The zero-order valence-electron chi connectivity index (χ0n) is 12.6. The number of rotatable bonds is 4. The summed E-state index contributed by atoms with van der Waals surface area (Å²) in [5, 5.41) is 4.13. The second-order valence-electron chi connectivity index (χ2n) is 5.01. The largest absolute Gasteiger partial charge is 0.261 e. The van der Waals surface area contributed by atoms with Gasteiger partial charge in [0.25, 0.3) is 0 Å². The molecule has 23 heavy (non-hydrogen) atoms. The molecule has 0 radical (unpaired) electrons. The number of aromatic nitrogens is 2. The van der Waals surface area contributed by atoms with Crippen LogP contribution in [0.3, 0.4) is 0 Å². The van der Waals surface area contributed by atoms with E-state index in [0.717, 1.165) is 16.8 Å². The first-order chi connectivity index (χ1) is 11.2. The molecule has 0 amide bonds. The minimum absolute atomic E-state index is 0.269. The molecular formula is C18H15FN4. The summed E-state index contributed by atoms with van der Waals surface area (Å²) in [6.07, 6.45) is 1.61. The Morgan fingerprint density at radius 3 is 2.48 bits per heavy atom. The third-order valence-corrected chi connectivity index (χ3v) is 3.15. The van der Waals surface area contributed by atoms with Crippen LogP contribution in [0, 0.1) is 12.7 Å². The van der Waals surface area contributed by atoms with Crippen LogP contribution in [0.15, 0.2) is 65.8 Å². The second-order valence-corrected chi connectivity index (χ2v) is 5.01. The van der Waals surface area contributed by atoms with Gasteiger partial charge in [0.15, 0.2) is 11.6 Å². The van der Waals surface area contributed by atoms with Gasteiger partial charge < -0.3 is 0 Å². The molecule has 0 atom stereocenters. The molecule has 0 spiro atoms. The molecule has 0 saturated heterocycles. The van der Waals surface area contributed by atoms with Crippen LogP contribution in [-0.4, -0.2) is 16.2 Å². The Morgan fingerprint density at radius 1 is 1.00 bits per heavy atom. The molecule has 1 heterocycles. The van der Waals surface area contributed by atoms with Gasteiger partial charge in [0.1, 0.15) is 5.82 Å². The Hall–Kier alpha value is -3.08. The van der Waals surface area contributed by atoms with Crippen molar-refractivity contribution >= 4 is 12.0 Å². The van der Waals surface area contributed by atoms with Gasteiger partial charge in [0.05, 0.1) is 6.21 Å². The Kier molecular flexibility index (Phi) is 4.38. The van der Waals surface area contributed by atoms with Crippen LogP contribution in [0.5, 0.6) is 0 Å². The summed E-state index contributed by atoms with van der Waals surface area (Å²) < 4.78 is 12.8. The highest BCUT2D eigenvalue weighted by molar-refractivity contribution is 5.80. The van der Waals surface area contributed by atoms with E-state index in [4.69, 9.17) is 0 Å². The fourth-order valence-electron chi connectivity index (χ4n) is 2.06. The van der Waals surface area contributed by atoms with Crippen molar-refractivity contribution in [3.63, 3.8) is 0 Å². The molecule has 0 aliphatic carbocycles. The number of nitrogens with zero attached hydrogens (tertiary/aromatic N) is 3. The van der Waals surface area contributed by atoms with Crippen LogP contribution in [0.2, 0.25) is 0 Å². The zero-order chi connectivity index (χ0) is 16.1. The van der Waals surface area contributed by atoms with E-state index in [1.54, 1.807) is 18.3 Å².